The second-order valence-corrected chi connectivity index (χ2v) is 6.07. The van der Waals surface area contributed by atoms with E-state index in [0.29, 0.717) is 25.2 Å². The maximum absolute atomic E-state index is 12.4. The lowest BCUT2D eigenvalue weighted by Crippen LogP contribution is -2.40. The van der Waals surface area contributed by atoms with Crippen molar-refractivity contribution in [2.45, 2.75) is 18.9 Å². The molecule has 0 aromatic heterocycles. The first-order valence-corrected chi connectivity index (χ1v) is 8.21. The van der Waals surface area contributed by atoms with Crippen LogP contribution in [0.5, 0.6) is 0 Å². The monoisotopic (exact) mass is 341 g/mol. The van der Waals surface area contributed by atoms with Crippen LogP contribution in [0.3, 0.4) is 0 Å². The van der Waals surface area contributed by atoms with Gasteiger partial charge in [0.05, 0.1) is 17.7 Å². The second kappa shape index (κ2) is 7.21. The van der Waals surface area contributed by atoms with Gasteiger partial charge in [-0.15, -0.1) is 0 Å². The summed E-state index contributed by atoms with van der Waals surface area (Å²) in [5.74, 6) is -0.615. The highest BCUT2D eigenvalue weighted by atomic mass is 16.2. The van der Waals surface area contributed by atoms with Crippen LogP contribution >= 0.6 is 0 Å². The van der Waals surface area contributed by atoms with Gasteiger partial charge in [0.1, 0.15) is 12.1 Å². The summed E-state index contributed by atoms with van der Waals surface area (Å²) in [6.45, 7) is 2.48. The maximum atomic E-state index is 12.4. The summed E-state index contributed by atoms with van der Waals surface area (Å²) in [6.07, 6.45) is 0.737. The van der Waals surface area contributed by atoms with E-state index in [-0.39, 0.29) is 12.3 Å². The molecule has 0 spiro atoms. The predicted octanol–water partition coefficient (Wildman–Crippen LogP) is 0.195. The number of rotatable bonds is 3. The molecule has 1 aromatic rings. The zero-order valence-electron chi connectivity index (χ0n) is 13.7. The highest BCUT2D eigenvalue weighted by molar-refractivity contribution is 6.05. The van der Waals surface area contributed by atoms with Crippen LogP contribution in [0.1, 0.15) is 18.4 Å². The van der Waals surface area contributed by atoms with Crippen molar-refractivity contribution < 1.29 is 14.4 Å². The Morgan fingerprint density at radius 3 is 2.72 bits per heavy atom. The molecule has 0 bridgehead atoms. The number of nitriles is 1. The Bertz CT molecular complexity index is 742. The van der Waals surface area contributed by atoms with E-state index in [0.717, 1.165) is 18.7 Å². The number of para-hydroxylation sites is 1. The molecule has 2 heterocycles. The number of amides is 4. The number of nitrogens with zero attached hydrogens (tertiary/aromatic N) is 3. The van der Waals surface area contributed by atoms with Crippen LogP contribution in [0.4, 0.5) is 10.5 Å². The molecule has 25 heavy (non-hydrogen) atoms. The average Bonchev–Trinajstić information content (AvgIpc) is 2.80. The molecular formula is C17H19N5O3. The van der Waals surface area contributed by atoms with E-state index < -0.39 is 18.0 Å². The van der Waals surface area contributed by atoms with Gasteiger partial charge in [0.2, 0.25) is 5.91 Å². The van der Waals surface area contributed by atoms with E-state index >= 15 is 0 Å². The van der Waals surface area contributed by atoms with Crippen molar-refractivity contribution in [3.8, 4) is 6.07 Å². The van der Waals surface area contributed by atoms with E-state index in [4.69, 9.17) is 0 Å². The summed E-state index contributed by atoms with van der Waals surface area (Å²) in [7, 11) is 0. The molecule has 0 unspecified atom stereocenters. The largest absolute Gasteiger partial charge is 0.369 e. The molecule has 2 N–H and O–H groups in total. The van der Waals surface area contributed by atoms with Crippen LogP contribution in [-0.2, 0) is 9.59 Å². The summed E-state index contributed by atoms with van der Waals surface area (Å²) in [6, 6.07) is 8.26. The number of carbonyl (C=O) groups is 3. The molecule has 8 nitrogen and oxygen atoms in total. The van der Waals surface area contributed by atoms with Crippen molar-refractivity contribution in [3.05, 3.63) is 29.8 Å². The Balaban J connectivity index is 1.62. The molecule has 2 aliphatic heterocycles. The maximum Gasteiger partial charge on any atom is 0.322 e. The summed E-state index contributed by atoms with van der Waals surface area (Å²) < 4.78 is 0. The normalized spacial score (nSPS) is 20.5. The third-order valence-corrected chi connectivity index (χ3v) is 4.45. The van der Waals surface area contributed by atoms with Crippen molar-refractivity contribution in [2.24, 2.45) is 0 Å². The van der Waals surface area contributed by atoms with Crippen molar-refractivity contribution in [1.82, 2.24) is 15.5 Å². The topological polar surface area (TPSA) is 106 Å². The van der Waals surface area contributed by atoms with Crippen molar-refractivity contribution in [2.75, 3.05) is 31.1 Å². The number of hydrogen-bond acceptors (Lipinski definition) is 5. The standard InChI is InChI=1S/C17H19N5O3/c18-11-12-4-1-2-5-14(12)21-6-3-7-22(9-8-21)15(23)10-13-16(24)20-17(25)19-13/h1-2,4-5,13H,3,6-10H2,(H2,19,20,24,25)/t13-/m0/s1. The van der Waals surface area contributed by atoms with Gasteiger partial charge in [0, 0.05) is 26.2 Å². The van der Waals surface area contributed by atoms with E-state index in [1.165, 1.54) is 0 Å². The number of hydrogen-bond donors (Lipinski definition) is 2. The highest BCUT2D eigenvalue weighted by Crippen LogP contribution is 2.21. The number of carbonyl (C=O) groups excluding carboxylic acids is 3. The lowest BCUT2D eigenvalue weighted by Gasteiger charge is -2.24. The predicted molar refractivity (Wildman–Crippen MR) is 89.6 cm³/mol. The smallest absolute Gasteiger partial charge is 0.322 e. The number of anilines is 1. The molecule has 2 fully saturated rings. The minimum absolute atomic E-state index is 0.0354. The molecule has 2 saturated heterocycles. The third-order valence-electron chi connectivity index (χ3n) is 4.45. The molecule has 2 aliphatic rings. The van der Waals surface area contributed by atoms with Crippen LogP contribution in [0, 0.1) is 11.3 Å². The molecule has 3 rings (SSSR count). The van der Waals surface area contributed by atoms with E-state index in [9.17, 15) is 19.6 Å². The molecule has 0 saturated carbocycles. The SMILES string of the molecule is N#Cc1ccccc1N1CCCN(C(=O)C[C@@H]2NC(=O)NC2=O)CC1. The molecule has 0 radical (unpaired) electrons. The van der Waals surface area contributed by atoms with Crippen LogP contribution in [0.25, 0.3) is 0 Å². The van der Waals surface area contributed by atoms with Gasteiger partial charge >= 0.3 is 6.03 Å². The summed E-state index contributed by atoms with van der Waals surface area (Å²) in [5.41, 5.74) is 1.49. The van der Waals surface area contributed by atoms with E-state index in [1.807, 2.05) is 18.2 Å². The first-order valence-electron chi connectivity index (χ1n) is 8.21. The number of urea groups is 1. The first kappa shape index (κ1) is 16.8. The Morgan fingerprint density at radius 2 is 2.00 bits per heavy atom. The van der Waals surface area contributed by atoms with Crippen molar-refractivity contribution in [1.29, 1.82) is 5.26 Å². The Kier molecular flexibility index (Phi) is 4.84. The number of nitrogens with one attached hydrogen (secondary N) is 2. The average molecular weight is 341 g/mol. The van der Waals surface area contributed by atoms with Gasteiger partial charge in [0.25, 0.3) is 5.91 Å². The quantitative estimate of drug-likeness (QED) is 0.764. The molecule has 1 aromatic carbocycles. The molecular weight excluding hydrogens is 322 g/mol. The van der Waals surface area contributed by atoms with E-state index in [1.54, 1.807) is 11.0 Å². The number of benzene rings is 1. The van der Waals surface area contributed by atoms with Gasteiger partial charge in [0.15, 0.2) is 0 Å². The minimum Gasteiger partial charge on any atom is -0.369 e. The van der Waals surface area contributed by atoms with Crippen LogP contribution in [-0.4, -0.2) is 55.0 Å². The van der Waals surface area contributed by atoms with Crippen molar-refractivity contribution >= 4 is 23.5 Å². The third kappa shape index (κ3) is 3.71. The molecule has 0 aliphatic carbocycles. The van der Waals surface area contributed by atoms with Gasteiger partial charge in [-0.2, -0.15) is 5.26 Å². The molecule has 1 atom stereocenters. The molecule has 8 heteroatoms. The van der Waals surface area contributed by atoms with Gasteiger partial charge in [-0.25, -0.2) is 4.79 Å². The Morgan fingerprint density at radius 1 is 1.20 bits per heavy atom. The van der Waals surface area contributed by atoms with Gasteiger partial charge in [-0.05, 0) is 18.6 Å². The second-order valence-electron chi connectivity index (χ2n) is 6.07. The van der Waals surface area contributed by atoms with Gasteiger partial charge < -0.3 is 15.1 Å². The minimum atomic E-state index is -0.793. The van der Waals surface area contributed by atoms with E-state index in [2.05, 4.69) is 21.6 Å². The van der Waals surface area contributed by atoms with Crippen LogP contribution in [0.2, 0.25) is 0 Å². The fourth-order valence-electron chi connectivity index (χ4n) is 3.16. The Hall–Kier alpha value is -3.08. The summed E-state index contributed by atoms with van der Waals surface area (Å²) in [4.78, 5) is 39.0. The number of imide groups is 1. The summed E-state index contributed by atoms with van der Waals surface area (Å²) in [5, 5.41) is 13.8. The van der Waals surface area contributed by atoms with Crippen molar-refractivity contribution in [3.63, 3.8) is 0 Å². The van der Waals surface area contributed by atoms with Crippen LogP contribution in [0.15, 0.2) is 24.3 Å². The van der Waals surface area contributed by atoms with Gasteiger partial charge in [-0.3, -0.25) is 14.9 Å². The Labute approximate surface area is 145 Å². The zero-order valence-corrected chi connectivity index (χ0v) is 13.7. The highest BCUT2D eigenvalue weighted by Gasteiger charge is 2.33. The van der Waals surface area contributed by atoms with Crippen LogP contribution < -0.4 is 15.5 Å². The fourth-order valence-corrected chi connectivity index (χ4v) is 3.16. The lowest BCUT2D eigenvalue weighted by molar-refractivity contribution is -0.133. The fraction of sp³-hybridized carbons (Fsp3) is 0.412. The molecule has 130 valence electrons. The summed E-state index contributed by atoms with van der Waals surface area (Å²) >= 11 is 0. The van der Waals surface area contributed by atoms with Gasteiger partial charge in [-0.1, -0.05) is 12.1 Å². The lowest BCUT2D eigenvalue weighted by atomic mass is 10.1. The zero-order chi connectivity index (χ0) is 17.8. The molecule has 4 amide bonds. The first-order chi connectivity index (χ1) is 12.1.